The molecule has 2 N–H and O–H groups in total. The third-order valence-corrected chi connectivity index (χ3v) is 2.48. The lowest BCUT2D eigenvalue weighted by Gasteiger charge is -2.25. The molecule has 0 aliphatic heterocycles. The van der Waals surface area contributed by atoms with Gasteiger partial charge in [-0.2, -0.15) is 0 Å². The van der Waals surface area contributed by atoms with E-state index in [1.165, 1.54) is 25.1 Å². The number of rotatable bonds is 4. The van der Waals surface area contributed by atoms with Gasteiger partial charge in [0, 0.05) is 18.6 Å². The molecular formula is C11H16FN3. The van der Waals surface area contributed by atoms with E-state index in [4.69, 9.17) is 5.73 Å². The average Bonchev–Trinajstić information content (AvgIpc) is 2.99. The first-order chi connectivity index (χ1) is 7.16. The molecule has 1 aromatic heterocycles. The first kappa shape index (κ1) is 10.4. The summed E-state index contributed by atoms with van der Waals surface area (Å²) in [5.41, 5.74) is 5.78. The number of halogens is 1. The normalized spacial score (nSPS) is 17.5. The van der Waals surface area contributed by atoms with Gasteiger partial charge >= 0.3 is 0 Å². The molecule has 4 heteroatoms. The number of anilines is 1. The molecule has 0 radical (unpaired) electrons. The van der Waals surface area contributed by atoms with Crippen LogP contribution in [0.15, 0.2) is 18.3 Å². The Kier molecular flexibility index (Phi) is 2.86. The van der Waals surface area contributed by atoms with Gasteiger partial charge in [-0.25, -0.2) is 9.37 Å². The minimum absolute atomic E-state index is 0.109. The van der Waals surface area contributed by atoms with E-state index in [0.29, 0.717) is 6.04 Å². The van der Waals surface area contributed by atoms with Crippen molar-refractivity contribution in [2.24, 2.45) is 5.73 Å². The molecule has 0 aromatic carbocycles. The summed E-state index contributed by atoms with van der Waals surface area (Å²) < 4.78 is 12.7. The van der Waals surface area contributed by atoms with Crippen molar-refractivity contribution < 1.29 is 4.39 Å². The second-order valence-corrected chi connectivity index (χ2v) is 4.20. The number of pyridine rings is 1. The summed E-state index contributed by atoms with van der Waals surface area (Å²) in [7, 11) is 0. The van der Waals surface area contributed by atoms with Crippen molar-refractivity contribution in [2.45, 2.75) is 31.8 Å². The number of nitrogens with zero attached hydrogens (tertiary/aromatic N) is 2. The van der Waals surface area contributed by atoms with E-state index in [9.17, 15) is 4.39 Å². The molecule has 3 nitrogen and oxygen atoms in total. The molecule has 1 atom stereocenters. The van der Waals surface area contributed by atoms with Gasteiger partial charge in [0.2, 0.25) is 0 Å². The summed E-state index contributed by atoms with van der Waals surface area (Å²) in [4.78, 5) is 6.26. The van der Waals surface area contributed by atoms with E-state index in [0.717, 1.165) is 12.4 Å². The summed E-state index contributed by atoms with van der Waals surface area (Å²) in [5, 5.41) is 0. The van der Waals surface area contributed by atoms with Crippen molar-refractivity contribution in [2.75, 3.05) is 11.4 Å². The Bertz CT molecular complexity index is 319. The standard InChI is InChI=1S/C11H16FN3/c1-8(13)7-15(10-3-4-10)11-5-2-9(12)6-14-11/h2,5-6,8,10H,3-4,7,13H2,1H3. The van der Waals surface area contributed by atoms with Crippen molar-refractivity contribution in [3.63, 3.8) is 0 Å². The number of aromatic nitrogens is 1. The average molecular weight is 209 g/mol. The van der Waals surface area contributed by atoms with E-state index >= 15 is 0 Å². The topological polar surface area (TPSA) is 42.1 Å². The fourth-order valence-electron chi connectivity index (χ4n) is 1.66. The highest BCUT2D eigenvalue weighted by Crippen LogP contribution is 2.30. The number of hydrogen-bond acceptors (Lipinski definition) is 3. The highest BCUT2D eigenvalue weighted by atomic mass is 19.1. The first-order valence-corrected chi connectivity index (χ1v) is 5.30. The minimum Gasteiger partial charge on any atom is -0.352 e. The van der Waals surface area contributed by atoms with Gasteiger partial charge in [0.1, 0.15) is 11.6 Å². The molecule has 82 valence electrons. The zero-order valence-corrected chi connectivity index (χ0v) is 8.86. The van der Waals surface area contributed by atoms with Crippen molar-refractivity contribution in [1.82, 2.24) is 4.98 Å². The predicted octanol–water partition coefficient (Wildman–Crippen LogP) is 1.54. The van der Waals surface area contributed by atoms with Crippen LogP contribution in [0, 0.1) is 5.82 Å². The molecule has 15 heavy (non-hydrogen) atoms. The summed E-state index contributed by atoms with van der Waals surface area (Å²) in [5.74, 6) is 0.534. The number of nitrogens with two attached hydrogens (primary N) is 1. The fourth-order valence-corrected chi connectivity index (χ4v) is 1.66. The molecule has 0 bridgehead atoms. The van der Waals surface area contributed by atoms with Gasteiger partial charge in [0.25, 0.3) is 0 Å². The van der Waals surface area contributed by atoms with E-state index in [2.05, 4.69) is 9.88 Å². The highest BCUT2D eigenvalue weighted by Gasteiger charge is 2.30. The Hall–Kier alpha value is -1.16. The Labute approximate surface area is 89.1 Å². The second-order valence-electron chi connectivity index (χ2n) is 4.20. The molecule has 1 aromatic rings. The minimum atomic E-state index is -0.296. The molecule has 1 unspecified atom stereocenters. The highest BCUT2D eigenvalue weighted by molar-refractivity contribution is 5.41. The smallest absolute Gasteiger partial charge is 0.141 e. The molecule has 1 aliphatic rings. The maximum absolute atomic E-state index is 12.7. The summed E-state index contributed by atoms with van der Waals surface area (Å²) in [6, 6.07) is 3.82. The van der Waals surface area contributed by atoms with Gasteiger partial charge in [-0.3, -0.25) is 0 Å². The Morgan fingerprint density at radius 1 is 1.60 bits per heavy atom. The van der Waals surface area contributed by atoms with E-state index in [-0.39, 0.29) is 11.9 Å². The largest absolute Gasteiger partial charge is 0.352 e. The molecule has 0 spiro atoms. The van der Waals surface area contributed by atoms with Crippen molar-refractivity contribution in [3.8, 4) is 0 Å². The van der Waals surface area contributed by atoms with Gasteiger partial charge in [-0.1, -0.05) is 0 Å². The molecule has 1 fully saturated rings. The van der Waals surface area contributed by atoms with Crippen LogP contribution >= 0.6 is 0 Å². The lowest BCUT2D eigenvalue weighted by molar-refractivity contribution is 0.617. The van der Waals surface area contributed by atoms with Crippen LogP contribution in [0.5, 0.6) is 0 Å². The van der Waals surface area contributed by atoms with Crippen LogP contribution < -0.4 is 10.6 Å². The van der Waals surface area contributed by atoms with Crippen LogP contribution in [0.4, 0.5) is 10.2 Å². The van der Waals surface area contributed by atoms with Gasteiger partial charge in [-0.15, -0.1) is 0 Å². The monoisotopic (exact) mass is 209 g/mol. The fraction of sp³-hybridized carbons (Fsp3) is 0.545. The Morgan fingerprint density at radius 3 is 2.80 bits per heavy atom. The Balaban J connectivity index is 2.13. The lowest BCUT2D eigenvalue weighted by Crippen LogP contribution is -2.37. The quantitative estimate of drug-likeness (QED) is 0.817. The molecule has 0 saturated heterocycles. The molecule has 0 amide bonds. The summed E-state index contributed by atoms with van der Waals surface area (Å²) in [6.07, 6.45) is 3.63. The molecular weight excluding hydrogens is 193 g/mol. The third-order valence-electron chi connectivity index (χ3n) is 2.48. The Morgan fingerprint density at radius 2 is 2.33 bits per heavy atom. The molecule has 1 saturated carbocycles. The van der Waals surface area contributed by atoms with Crippen molar-refractivity contribution >= 4 is 5.82 Å². The zero-order valence-electron chi connectivity index (χ0n) is 8.86. The lowest BCUT2D eigenvalue weighted by atomic mass is 10.3. The van der Waals surface area contributed by atoms with Gasteiger partial charge in [0.15, 0.2) is 0 Å². The molecule has 1 heterocycles. The predicted molar refractivity (Wildman–Crippen MR) is 58.2 cm³/mol. The zero-order chi connectivity index (χ0) is 10.8. The van der Waals surface area contributed by atoms with Crippen LogP contribution in [-0.4, -0.2) is 23.6 Å². The third kappa shape index (κ3) is 2.65. The van der Waals surface area contributed by atoms with Crippen molar-refractivity contribution in [1.29, 1.82) is 0 Å². The van der Waals surface area contributed by atoms with E-state index in [1.807, 2.05) is 6.92 Å². The van der Waals surface area contributed by atoms with Crippen molar-refractivity contribution in [3.05, 3.63) is 24.1 Å². The molecule has 1 aliphatic carbocycles. The van der Waals surface area contributed by atoms with Crippen LogP contribution in [0.1, 0.15) is 19.8 Å². The number of hydrogen-bond donors (Lipinski definition) is 1. The molecule has 2 rings (SSSR count). The van der Waals surface area contributed by atoms with Gasteiger partial charge in [0.05, 0.1) is 6.20 Å². The van der Waals surface area contributed by atoms with E-state index < -0.39 is 0 Å². The van der Waals surface area contributed by atoms with Gasteiger partial charge < -0.3 is 10.6 Å². The summed E-state index contributed by atoms with van der Waals surface area (Å²) in [6.45, 7) is 2.75. The van der Waals surface area contributed by atoms with Gasteiger partial charge in [-0.05, 0) is 31.9 Å². The maximum atomic E-state index is 12.7. The van der Waals surface area contributed by atoms with Crippen LogP contribution in [0.25, 0.3) is 0 Å². The van der Waals surface area contributed by atoms with Crippen LogP contribution in [0.2, 0.25) is 0 Å². The van der Waals surface area contributed by atoms with E-state index in [1.54, 1.807) is 6.07 Å². The van der Waals surface area contributed by atoms with Crippen LogP contribution in [0.3, 0.4) is 0 Å². The van der Waals surface area contributed by atoms with Crippen LogP contribution in [-0.2, 0) is 0 Å². The maximum Gasteiger partial charge on any atom is 0.141 e. The second kappa shape index (κ2) is 4.14. The SMILES string of the molecule is CC(N)CN(c1ccc(F)cn1)C1CC1. The summed E-state index contributed by atoms with van der Waals surface area (Å²) >= 11 is 0. The first-order valence-electron chi connectivity index (χ1n) is 5.30.